The molecule has 0 atom stereocenters. The second kappa shape index (κ2) is 6.80. The highest BCUT2D eigenvalue weighted by Crippen LogP contribution is 2.34. The summed E-state index contributed by atoms with van der Waals surface area (Å²) in [6.45, 7) is 0.985. The minimum atomic E-state index is 0.0252. The first kappa shape index (κ1) is 14.2. The Morgan fingerprint density at radius 1 is 1.14 bits per heavy atom. The van der Waals surface area contributed by atoms with Gasteiger partial charge in [0.05, 0.1) is 0 Å². The maximum atomic E-state index is 11.9. The minimum Gasteiger partial charge on any atom is -0.454 e. The molecule has 1 aromatic carbocycles. The average Bonchev–Trinajstić information content (AvgIpc) is 2.96. The van der Waals surface area contributed by atoms with E-state index in [1.54, 1.807) is 6.07 Å². The normalized spacial score (nSPS) is 17.7. The number of anilines is 1. The molecule has 1 saturated carbocycles. The molecule has 0 bridgehead atoms. The van der Waals surface area contributed by atoms with E-state index < -0.39 is 0 Å². The van der Waals surface area contributed by atoms with Crippen molar-refractivity contribution in [3.05, 3.63) is 18.2 Å². The minimum absolute atomic E-state index is 0.0252. The van der Waals surface area contributed by atoms with Crippen LogP contribution >= 0.6 is 0 Å². The van der Waals surface area contributed by atoms with E-state index >= 15 is 0 Å². The number of carbonyl (C=O) groups is 1. The first-order chi connectivity index (χ1) is 10.3. The van der Waals surface area contributed by atoms with E-state index in [2.05, 4.69) is 10.6 Å². The van der Waals surface area contributed by atoms with Crippen LogP contribution < -0.4 is 20.1 Å². The fraction of sp³-hybridized carbons (Fsp3) is 0.562. The SMILES string of the molecule is O=C(CCNC1CCCCC1)Nc1ccc2c(c1)OCO2. The van der Waals surface area contributed by atoms with Gasteiger partial charge in [0.25, 0.3) is 0 Å². The number of carbonyl (C=O) groups excluding carboxylic acids is 1. The lowest BCUT2D eigenvalue weighted by molar-refractivity contribution is -0.116. The molecule has 1 aliphatic carbocycles. The number of hydrogen-bond acceptors (Lipinski definition) is 4. The number of fused-ring (bicyclic) bond motifs is 1. The highest BCUT2D eigenvalue weighted by molar-refractivity contribution is 5.91. The van der Waals surface area contributed by atoms with Crippen molar-refractivity contribution in [2.45, 2.75) is 44.6 Å². The smallest absolute Gasteiger partial charge is 0.231 e. The van der Waals surface area contributed by atoms with Gasteiger partial charge < -0.3 is 20.1 Å². The van der Waals surface area contributed by atoms with Crippen LogP contribution in [0.4, 0.5) is 5.69 Å². The molecule has 0 unspecified atom stereocenters. The van der Waals surface area contributed by atoms with Gasteiger partial charge in [0.2, 0.25) is 12.7 Å². The fourth-order valence-corrected chi connectivity index (χ4v) is 2.89. The fourth-order valence-electron chi connectivity index (χ4n) is 2.89. The van der Waals surface area contributed by atoms with Crippen molar-refractivity contribution >= 4 is 11.6 Å². The van der Waals surface area contributed by atoms with Gasteiger partial charge in [-0.2, -0.15) is 0 Å². The van der Waals surface area contributed by atoms with Crippen LogP contribution in [0.25, 0.3) is 0 Å². The quantitative estimate of drug-likeness (QED) is 0.875. The third-order valence-electron chi connectivity index (χ3n) is 4.05. The molecule has 114 valence electrons. The van der Waals surface area contributed by atoms with Crippen molar-refractivity contribution < 1.29 is 14.3 Å². The summed E-state index contributed by atoms with van der Waals surface area (Å²) in [5, 5.41) is 6.37. The third-order valence-corrected chi connectivity index (χ3v) is 4.05. The lowest BCUT2D eigenvalue weighted by Crippen LogP contribution is -2.33. The Hall–Kier alpha value is -1.75. The van der Waals surface area contributed by atoms with Crippen LogP contribution in [0.15, 0.2) is 18.2 Å². The molecule has 0 saturated heterocycles. The molecule has 1 fully saturated rings. The van der Waals surface area contributed by atoms with Gasteiger partial charge in [-0.05, 0) is 25.0 Å². The molecule has 5 heteroatoms. The molecular formula is C16H22N2O3. The first-order valence-corrected chi connectivity index (χ1v) is 7.74. The van der Waals surface area contributed by atoms with Crippen LogP contribution in [0.2, 0.25) is 0 Å². The van der Waals surface area contributed by atoms with Gasteiger partial charge in [-0.1, -0.05) is 19.3 Å². The largest absolute Gasteiger partial charge is 0.454 e. The monoisotopic (exact) mass is 290 g/mol. The molecule has 1 aliphatic heterocycles. The molecule has 2 aliphatic rings. The molecule has 1 amide bonds. The number of benzene rings is 1. The van der Waals surface area contributed by atoms with Crippen LogP contribution in [0.3, 0.4) is 0 Å². The second-order valence-electron chi connectivity index (χ2n) is 5.66. The van der Waals surface area contributed by atoms with Gasteiger partial charge in [-0.25, -0.2) is 0 Å². The molecule has 3 rings (SSSR count). The highest BCUT2D eigenvalue weighted by atomic mass is 16.7. The molecule has 1 aromatic rings. The van der Waals surface area contributed by atoms with Crippen molar-refractivity contribution in [2.75, 3.05) is 18.7 Å². The second-order valence-corrected chi connectivity index (χ2v) is 5.66. The Morgan fingerprint density at radius 3 is 2.81 bits per heavy atom. The predicted molar refractivity (Wildman–Crippen MR) is 80.7 cm³/mol. The van der Waals surface area contributed by atoms with Crippen LogP contribution in [-0.2, 0) is 4.79 Å². The van der Waals surface area contributed by atoms with E-state index in [0.717, 1.165) is 18.0 Å². The van der Waals surface area contributed by atoms with Crippen LogP contribution in [0, 0.1) is 0 Å². The lowest BCUT2D eigenvalue weighted by Gasteiger charge is -2.22. The molecule has 0 spiro atoms. The molecule has 2 N–H and O–H groups in total. The molecule has 0 aromatic heterocycles. The Morgan fingerprint density at radius 2 is 1.95 bits per heavy atom. The summed E-state index contributed by atoms with van der Waals surface area (Å²) in [6.07, 6.45) is 6.93. The van der Waals surface area contributed by atoms with E-state index in [0.29, 0.717) is 18.2 Å². The zero-order valence-corrected chi connectivity index (χ0v) is 12.2. The van der Waals surface area contributed by atoms with Crippen molar-refractivity contribution in [3.63, 3.8) is 0 Å². The summed E-state index contributed by atoms with van der Waals surface area (Å²) in [6, 6.07) is 6.05. The summed E-state index contributed by atoms with van der Waals surface area (Å²) in [7, 11) is 0. The van der Waals surface area contributed by atoms with E-state index in [9.17, 15) is 4.79 Å². The zero-order chi connectivity index (χ0) is 14.5. The van der Waals surface area contributed by atoms with Gasteiger partial charge in [0, 0.05) is 30.8 Å². The van der Waals surface area contributed by atoms with E-state index in [-0.39, 0.29) is 12.7 Å². The maximum absolute atomic E-state index is 11.9. The Bertz CT molecular complexity index is 498. The molecular weight excluding hydrogens is 268 g/mol. The number of hydrogen-bond donors (Lipinski definition) is 2. The summed E-state index contributed by atoms with van der Waals surface area (Å²) >= 11 is 0. The van der Waals surface area contributed by atoms with E-state index in [4.69, 9.17) is 9.47 Å². The Balaban J connectivity index is 1.41. The Kier molecular flexibility index (Phi) is 4.60. The standard InChI is InChI=1S/C16H22N2O3/c19-16(8-9-17-12-4-2-1-3-5-12)18-13-6-7-14-15(10-13)21-11-20-14/h6-7,10,12,17H,1-5,8-9,11H2,(H,18,19). The Labute approximate surface area is 125 Å². The van der Waals surface area contributed by atoms with Crippen molar-refractivity contribution in [3.8, 4) is 11.5 Å². The molecule has 21 heavy (non-hydrogen) atoms. The molecule has 5 nitrogen and oxygen atoms in total. The van der Waals surface area contributed by atoms with Crippen molar-refractivity contribution in [1.29, 1.82) is 0 Å². The van der Waals surface area contributed by atoms with Gasteiger partial charge in [-0.15, -0.1) is 0 Å². The summed E-state index contributed by atoms with van der Waals surface area (Å²) < 4.78 is 10.5. The van der Waals surface area contributed by atoms with Gasteiger partial charge in [0.15, 0.2) is 11.5 Å². The average molecular weight is 290 g/mol. The first-order valence-electron chi connectivity index (χ1n) is 7.74. The van der Waals surface area contributed by atoms with Gasteiger partial charge in [0.1, 0.15) is 0 Å². The zero-order valence-electron chi connectivity index (χ0n) is 12.2. The van der Waals surface area contributed by atoms with Crippen LogP contribution in [0.1, 0.15) is 38.5 Å². The number of nitrogens with one attached hydrogen (secondary N) is 2. The number of rotatable bonds is 5. The highest BCUT2D eigenvalue weighted by Gasteiger charge is 2.15. The van der Waals surface area contributed by atoms with Crippen LogP contribution in [0.5, 0.6) is 11.5 Å². The maximum Gasteiger partial charge on any atom is 0.231 e. The van der Waals surface area contributed by atoms with E-state index in [1.165, 1.54) is 32.1 Å². The molecule has 0 radical (unpaired) electrons. The topological polar surface area (TPSA) is 59.6 Å². The van der Waals surface area contributed by atoms with Crippen LogP contribution in [-0.4, -0.2) is 25.3 Å². The summed E-state index contributed by atoms with van der Waals surface area (Å²) in [5.41, 5.74) is 0.752. The molecule has 1 heterocycles. The van der Waals surface area contributed by atoms with Gasteiger partial charge in [-0.3, -0.25) is 4.79 Å². The van der Waals surface area contributed by atoms with Gasteiger partial charge >= 0.3 is 0 Å². The van der Waals surface area contributed by atoms with Crippen molar-refractivity contribution in [1.82, 2.24) is 5.32 Å². The van der Waals surface area contributed by atoms with E-state index in [1.807, 2.05) is 12.1 Å². The number of amides is 1. The summed E-state index contributed by atoms with van der Waals surface area (Å²) in [5.74, 6) is 1.44. The third kappa shape index (κ3) is 3.88. The lowest BCUT2D eigenvalue weighted by atomic mass is 9.95. The predicted octanol–water partition coefficient (Wildman–Crippen LogP) is 2.67. The van der Waals surface area contributed by atoms with Crippen molar-refractivity contribution in [2.24, 2.45) is 0 Å². The number of ether oxygens (including phenoxy) is 2. The summed E-state index contributed by atoms with van der Waals surface area (Å²) in [4.78, 5) is 11.9.